The fraction of sp³-hybridized carbons (Fsp3) is 0.211. The summed E-state index contributed by atoms with van der Waals surface area (Å²) in [5, 5.41) is 4.17. The first-order valence-electron chi connectivity index (χ1n) is 8.31. The summed E-state index contributed by atoms with van der Waals surface area (Å²) in [6.07, 6.45) is 0. The van der Waals surface area contributed by atoms with Crippen molar-refractivity contribution >= 4 is 34.3 Å². The van der Waals surface area contributed by atoms with Crippen molar-refractivity contribution in [3.63, 3.8) is 0 Å². The second-order valence-corrected chi connectivity index (χ2v) is 5.87. The van der Waals surface area contributed by atoms with Crippen LogP contribution in [-0.4, -0.2) is 22.5 Å². The van der Waals surface area contributed by atoms with Crippen LogP contribution in [0.25, 0.3) is 10.9 Å². The molecule has 0 aliphatic carbocycles. The highest BCUT2D eigenvalue weighted by Crippen LogP contribution is 2.28. The van der Waals surface area contributed by atoms with Gasteiger partial charge in [-0.3, -0.25) is 0 Å². The largest absolute Gasteiger partial charge is 0.462 e. The van der Waals surface area contributed by atoms with Crippen LogP contribution in [0.3, 0.4) is 0 Å². The molecule has 1 aromatic heterocycles. The molecule has 0 spiro atoms. The average molecular weight is 351 g/mol. The van der Waals surface area contributed by atoms with Gasteiger partial charge in [0.05, 0.1) is 17.7 Å². The molecule has 26 heavy (non-hydrogen) atoms. The van der Waals surface area contributed by atoms with Crippen LogP contribution in [0, 0.1) is 6.92 Å². The fourth-order valence-electron chi connectivity index (χ4n) is 2.80. The molecule has 5 N–H and O–H groups in total. The van der Waals surface area contributed by atoms with Crippen molar-refractivity contribution in [2.24, 2.45) is 0 Å². The molecule has 0 saturated heterocycles. The van der Waals surface area contributed by atoms with E-state index in [4.69, 9.17) is 16.2 Å². The molecule has 0 fully saturated rings. The summed E-state index contributed by atoms with van der Waals surface area (Å²) < 4.78 is 4.99. The van der Waals surface area contributed by atoms with E-state index in [0.717, 1.165) is 27.7 Å². The lowest BCUT2D eigenvalue weighted by Crippen LogP contribution is -2.06. The van der Waals surface area contributed by atoms with Crippen molar-refractivity contribution in [2.75, 3.05) is 23.4 Å². The van der Waals surface area contributed by atoms with E-state index < -0.39 is 0 Å². The predicted octanol–water partition coefficient (Wildman–Crippen LogP) is 2.89. The van der Waals surface area contributed by atoms with Crippen LogP contribution in [0.1, 0.15) is 28.4 Å². The van der Waals surface area contributed by atoms with Gasteiger partial charge in [0.15, 0.2) is 0 Å². The van der Waals surface area contributed by atoms with E-state index in [1.807, 2.05) is 31.2 Å². The highest BCUT2D eigenvalue weighted by atomic mass is 16.5. The third-order valence-corrected chi connectivity index (χ3v) is 4.12. The number of ether oxygens (including phenoxy) is 1. The van der Waals surface area contributed by atoms with Crippen LogP contribution in [0.5, 0.6) is 0 Å². The van der Waals surface area contributed by atoms with Crippen LogP contribution >= 0.6 is 0 Å². The van der Waals surface area contributed by atoms with E-state index in [1.54, 1.807) is 19.1 Å². The summed E-state index contributed by atoms with van der Waals surface area (Å²) in [5.41, 5.74) is 15.9. The number of nitrogens with two attached hydrogens (primary N) is 2. The number of anilines is 3. The quantitative estimate of drug-likeness (QED) is 0.605. The molecule has 0 aliphatic rings. The van der Waals surface area contributed by atoms with Gasteiger partial charge in [-0.25, -0.2) is 9.78 Å². The van der Waals surface area contributed by atoms with Crippen molar-refractivity contribution in [1.29, 1.82) is 0 Å². The second kappa shape index (κ2) is 7.26. The number of carbonyl (C=O) groups excluding carboxylic acids is 1. The maximum Gasteiger partial charge on any atom is 0.338 e. The molecule has 7 nitrogen and oxygen atoms in total. The first kappa shape index (κ1) is 17.5. The van der Waals surface area contributed by atoms with E-state index in [9.17, 15) is 4.79 Å². The van der Waals surface area contributed by atoms with E-state index in [0.29, 0.717) is 24.5 Å². The highest BCUT2D eigenvalue weighted by molar-refractivity contribution is 5.95. The minimum Gasteiger partial charge on any atom is -0.462 e. The summed E-state index contributed by atoms with van der Waals surface area (Å²) in [7, 11) is 0. The molecule has 134 valence electrons. The van der Waals surface area contributed by atoms with Gasteiger partial charge in [0.25, 0.3) is 0 Å². The van der Waals surface area contributed by atoms with Crippen molar-refractivity contribution in [3.8, 4) is 0 Å². The molecule has 3 rings (SSSR count). The molecule has 0 saturated carbocycles. The first-order chi connectivity index (χ1) is 12.5. The lowest BCUT2D eigenvalue weighted by molar-refractivity contribution is 0.0526. The van der Waals surface area contributed by atoms with Crippen LogP contribution in [-0.2, 0) is 11.3 Å². The number of aryl methyl sites for hydroxylation is 1. The van der Waals surface area contributed by atoms with Gasteiger partial charge >= 0.3 is 5.97 Å². The van der Waals surface area contributed by atoms with Gasteiger partial charge in [-0.15, -0.1) is 0 Å². The van der Waals surface area contributed by atoms with Crippen molar-refractivity contribution in [1.82, 2.24) is 9.97 Å². The topological polar surface area (TPSA) is 116 Å². The van der Waals surface area contributed by atoms with Gasteiger partial charge < -0.3 is 21.5 Å². The predicted molar refractivity (Wildman–Crippen MR) is 103 cm³/mol. The zero-order chi connectivity index (χ0) is 18.7. The number of nitrogens with one attached hydrogen (secondary N) is 1. The summed E-state index contributed by atoms with van der Waals surface area (Å²) in [6.45, 7) is 4.71. The third-order valence-electron chi connectivity index (χ3n) is 4.12. The van der Waals surface area contributed by atoms with Gasteiger partial charge in [0.1, 0.15) is 5.82 Å². The summed E-state index contributed by atoms with van der Waals surface area (Å²) in [5.74, 6) is 0.219. The van der Waals surface area contributed by atoms with E-state index >= 15 is 0 Å². The smallest absolute Gasteiger partial charge is 0.338 e. The Labute approximate surface area is 151 Å². The number of aromatic nitrogens is 2. The summed E-state index contributed by atoms with van der Waals surface area (Å²) in [4.78, 5) is 19.9. The monoisotopic (exact) mass is 351 g/mol. The number of hydrogen-bond donors (Lipinski definition) is 3. The van der Waals surface area contributed by atoms with E-state index in [1.165, 1.54) is 0 Å². The highest BCUT2D eigenvalue weighted by Gasteiger charge is 2.10. The number of benzene rings is 2. The Kier molecular flexibility index (Phi) is 4.88. The molecular weight excluding hydrogens is 330 g/mol. The lowest BCUT2D eigenvalue weighted by Gasteiger charge is -2.13. The van der Waals surface area contributed by atoms with Gasteiger partial charge in [0, 0.05) is 17.6 Å². The molecule has 0 unspecified atom stereocenters. The van der Waals surface area contributed by atoms with Gasteiger partial charge in [0.2, 0.25) is 5.95 Å². The molecule has 0 aliphatic heterocycles. The SMILES string of the molecule is CCOC(=O)c1ccc(CNc2ccc3nc(N)nc(N)c3c2C)cc1. The molecule has 0 radical (unpaired) electrons. The lowest BCUT2D eigenvalue weighted by atomic mass is 10.1. The number of nitrogen functional groups attached to an aromatic ring is 2. The third kappa shape index (κ3) is 3.51. The normalized spacial score (nSPS) is 10.7. The molecular formula is C19H21N5O2. The van der Waals surface area contributed by atoms with Crippen LogP contribution < -0.4 is 16.8 Å². The second-order valence-electron chi connectivity index (χ2n) is 5.87. The Bertz CT molecular complexity index is 954. The number of rotatable bonds is 5. The Morgan fingerprint density at radius 2 is 1.85 bits per heavy atom. The van der Waals surface area contributed by atoms with Crippen molar-refractivity contribution in [2.45, 2.75) is 20.4 Å². The van der Waals surface area contributed by atoms with Gasteiger partial charge in [-0.1, -0.05) is 12.1 Å². The molecule has 1 heterocycles. The molecule has 3 aromatic rings. The number of hydrogen-bond acceptors (Lipinski definition) is 7. The zero-order valence-corrected chi connectivity index (χ0v) is 14.7. The Balaban J connectivity index is 1.77. The number of fused-ring (bicyclic) bond motifs is 1. The minimum atomic E-state index is -0.313. The zero-order valence-electron chi connectivity index (χ0n) is 14.7. The maximum absolute atomic E-state index is 11.7. The minimum absolute atomic E-state index is 0.164. The maximum atomic E-state index is 11.7. The molecule has 0 bridgehead atoms. The summed E-state index contributed by atoms with van der Waals surface area (Å²) >= 11 is 0. The first-order valence-corrected chi connectivity index (χ1v) is 8.31. The number of nitrogens with zero attached hydrogens (tertiary/aromatic N) is 2. The molecule has 2 aromatic carbocycles. The van der Waals surface area contributed by atoms with Crippen LogP contribution in [0.15, 0.2) is 36.4 Å². The van der Waals surface area contributed by atoms with Crippen molar-refractivity contribution in [3.05, 3.63) is 53.1 Å². The van der Waals surface area contributed by atoms with Gasteiger partial charge in [-0.2, -0.15) is 4.98 Å². The molecule has 7 heteroatoms. The van der Waals surface area contributed by atoms with Crippen LogP contribution in [0.4, 0.5) is 17.5 Å². The number of carbonyl (C=O) groups is 1. The Morgan fingerprint density at radius 3 is 2.54 bits per heavy atom. The average Bonchev–Trinajstić information content (AvgIpc) is 2.61. The molecule has 0 atom stereocenters. The van der Waals surface area contributed by atoms with Crippen LogP contribution in [0.2, 0.25) is 0 Å². The number of esters is 1. The molecule has 0 amide bonds. The van der Waals surface area contributed by atoms with Crippen molar-refractivity contribution < 1.29 is 9.53 Å². The Morgan fingerprint density at radius 1 is 1.12 bits per heavy atom. The standard InChI is InChI=1S/C19H21N5O2/c1-3-26-18(25)13-6-4-12(5-7-13)10-22-14-8-9-15-16(11(14)2)17(20)24-19(21)23-15/h4-9,22H,3,10H2,1-2H3,(H4,20,21,23,24). The van der Waals surface area contributed by atoms with E-state index in [2.05, 4.69) is 15.3 Å². The Hall–Kier alpha value is -3.35. The van der Waals surface area contributed by atoms with Gasteiger partial charge in [-0.05, 0) is 49.2 Å². The fourth-order valence-corrected chi connectivity index (χ4v) is 2.80. The summed E-state index contributed by atoms with van der Waals surface area (Å²) in [6, 6.07) is 11.1. The van der Waals surface area contributed by atoms with E-state index in [-0.39, 0.29) is 11.9 Å².